The van der Waals surface area contributed by atoms with Crippen LogP contribution in [0.5, 0.6) is 0 Å². The number of hydrogen-bond acceptors (Lipinski definition) is 3. The van der Waals surface area contributed by atoms with Crippen LogP contribution >= 0.6 is 0 Å². The van der Waals surface area contributed by atoms with Crippen molar-refractivity contribution in [3.63, 3.8) is 0 Å². The Labute approximate surface area is 103 Å². The molecule has 0 bridgehead atoms. The van der Waals surface area contributed by atoms with E-state index in [0.717, 1.165) is 25.7 Å². The minimum absolute atomic E-state index is 0.0885. The first-order chi connectivity index (χ1) is 7.99. The van der Waals surface area contributed by atoms with Gasteiger partial charge in [-0.05, 0) is 19.3 Å². The van der Waals surface area contributed by atoms with Gasteiger partial charge in [0.1, 0.15) is 0 Å². The second-order valence-electron chi connectivity index (χ2n) is 5.34. The maximum Gasteiger partial charge on any atom is 0.225 e. The SMILES string of the molecule is CN(C(=O)C1CCCCC1)[C@H]1CCS(=O)(=O)C1. The highest BCUT2D eigenvalue weighted by Gasteiger charge is 2.35. The Morgan fingerprint density at radius 1 is 1.12 bits per heavy atom. The van der Waals surface area contributed by atoms with Gasteiger partial charge in [-0.1, -0.05) is 19.3 Å². The van der Waals surface area contributed by atoms with E-state index in [1.54, 1.807) is 11.9 Å². The highest BCUT2D eigenvalue weighted by atomic mass is 32.2. The third kappa shape index (κ3) is 3.00. The van der Waals surface area contributed by atoms with Crippen LogP contribution in [0.15, 0.2) is 0 Å². The molecule has 17 heavy (non-hydrogen) atoms. The van der Waals surface area contributed by atoms with Gasteiger partial charge in [-0.2, -0.15) is 0 Å². The standard InChI is InChI=1S/C12H21NO3S/c1-13(11-7-8-17(15,16)9-11)12(14)10-5-3-2-4-6-10/h10-11H,2-9H2,1H3/t11-/m0/s1. The Kier molecular flexibility index (Phi) is 3.76. The summed E-state index contributed by atoms with van der Waals surface area (Å²) in [5.41, 5.74) is 0. The van der Waals surface area contributed by atoms with E-state index in [9.17, 15) is 13.2 Å². The highest BCUT2D eigenvalue weighted by molar-refractivity contribution is 7.91. The van der Waals surface area contributed by atoms with E-state index in [-0.39, 0.29) is 29.4 Å². The summed E-state index contributed by atoms with van der Waals surface area (Å²) in [6, 6.07) is -0.0885. The number of sulfone groups is 1. The minimum Gasteiger partial charge on any atom is -0.341 e. The maximum atomic E-state index is 12.2. The molecule has 2 fully saturated rings. The van der Waals surface area contributed by atoms with Gasteiger partial charge in [0.25, 0.3) is 0 Å². The van der Waals surface area contributed by atoms with Gasteiger partial charge in [-0.3, -0.25) is 4.79 Å². The number of rotatable bonds is 2. The largest absolute Gasteiger partial charge is 0.341 e. The summed E-state index contributed by atoms with van der Waals surface area (Å²) in [7, 11) is -1.13. The molecule has 0 aromatic rings. The summed E-state index contributed by atoms with van der Waals surface area (Å²) < 4.78 is 22.8. The van der Waals surface area contributed by atoms with Crippen LogP contribution in [-0.4, -0.2) is 43.8 Å². The number of hydrogen-bond donors (Lipinski definition) is 0. The van der Waals surface area contributed by atoms with Gasteiger partial charge in [0.05, 0.1) is 11.5 Å². The molecule has 0 aromatic carbocycles. The van der Waals surface area contributed by atoms with Crippen LogP contribution in [0.3, 0.4) is 0 Å². The Morgan fingerprint density at radius 3 is 2.29 bits per heavy atom. The first-order valence-corrected chi connectivity index (χ1v) is 8.29. The van der Waals surface area contributed by atoms with Crippen molar-refractivity contribution in [2.75, 3.05) is 18.6 Å². The summed E-state index contributed by atoms with van der Waals surface area (Å²) in [5.74, 6) is 0.686. The molecule has 0 unspecified atom stereocenters. The zero-order valence-electron chi connectivity index (χ0n) is 10.4. The van der Waals surface area contributed by atoms with Crippen LogP contribution in [0.4, 0.5) is 0 Å². The van der Waals surface area contributed by atoms with E-state index >= 15 is 0 Å². The summed E-state index contributed by atoms with van der Waals surface area (Å²) in [6.45, 7) is 0. The summed E-state index contributed by atoms with van der Waals surface area (Å²) in [4.78, 5) is 13.9. The molecule has 98 valence electrons. The Hall–Kier alpha value is -0.580. The quantitative estimate of drug-likeness (QED) is 0.749. The van der Waals surface area contributed by atoms with Gasteiger partial charge in [0.2, 0.25) is 5.91 Å². The lowest BCUT2D eigenvalue weighted by atomic mass is 9.88. The fraction of sp³-hybridized carbons (Fsp3) is 0.917. The van der Waals surface area contributed by atoms with E-state index in [4.69, 9.17) is 0 Å². The van der Waals surface area contributed by atoms with Gasteiger partial charge in [0.15, 0.2) is 9.84 Å². The average Bonchev–Trinajstić information content (AvgIpc) is 2.69. The molecule has 4 nitrogen and oxygen atoms in total. The van der Waals surface area contributed by atoms with Gasteiger partial charge in [-0.25, -0.2) is 8.42 Å². The van der Waals surface area contributed by atoms with Crippen molar-refractivity contribution < 1.29 is 13.2 Å². The predicted octanol–water partition coefficient (Wildman–Crippen LogP) is 1.21. The average molecular weight is 259 g/mol. The van der Waals surface area contributed by atoms with E-state index in [2.05, 4.69) is 0 Å². The minimum atomic E-state index is -2.90. The Bertz CT molecular complexity index is 385. The van der Waals surface area contributed by atoms with Crippen molar-refractivity contribution in [2.45, 2.75) is 44.6 Å². The van der Waals surface area contributed by atoms with Crippen LogP contribution in [0.2, 0.25) is 0 Å². The number of amides is 1. The van der Waals surface area contributed by atoms with Gasteiger partial charge >= 0.3 is 0 Å². The summed E-state index contributed by atoms with van der Waals surface area (Å²) in [5, 5.41) is 0. The second kappa shape index (κ2) is 4.96. The Balaban J connectivity index is 1.95. The van der Waals surface area contributed by atoms with Crippen molar-refractivity contribution in [1.82, 2.24) is 4.90 Å². The van der Waals surface area contributed by atoms with Gasteiger partial charge in [0, 0.05) is 19.0 Å². The molecule has 5 heteroatoms. The molecule has 1 aliphatic heterocycles. The molecule has 1 saturated carbocycles. The summed E-state index contributed by atoms with van der Waals surface area (Å²) >= 11 is 0. The summed E-state index contributed by atoms with van der Waals surface area (Å²) in [6.07, 6.45) is 6.05. The third-order valence-electron chi connectivity index (χ3n) is 4.06. The van der Waals surface area contributed by atoms with Crippen molar-refractivity contribution in [2.24, 2.45) is 5.92 Å². The number of nitrogens with zero attached hydrogens (tertiary/aromatic N) is 1. The van der Waals surface area contributed by atoms with Crippen molar-refractivity contribution in [3.8, 4) is 0 Å². The fourth-order valence-electron chi connectivity index (χ4n) is 2.90. The maximum absolute atomic E-state index is 12.2. The zero-order valence-corrected chi connectivity index (χ0v) is 11.2. The van der Waals surface area contributed by atoms with Crippen LogP contribution in [0, 0.1) is 5.92 Å². The lowest BCUT2D eigenvalue weighted by molar-refractivity contribution is -0.136. The van der Waals surface area contributed by atoms with Crippen molar-refractivity contribution >= 4 is 15.7 Å². The highest BCUT2D eigenvalue weighted by Crippen LogP contribution is 2.27. The van der Waals surface area contributed by atoms with Crippen molar-refractivity contribution in [3.05, 3.63) is 0 Å². The molecular weight excluding hydrogens is 238 g/mol. The first-order valence-electron chi connectivity index (χ1n) is 6.47. The second-order valence-corrected chi connectivity index (χ2v) is 7.57. The molecule has 0 aromatic heterocycles. The van der Waals surface area contributed by atoms with Crippen LogP contribution in [-0.2, 0) is 14.6 Å². The van der Waals surface area contributed by atoms with E-state index < -0.39 is 9.84 Å². The smallest absolute Gasteiger partial charge is 0.225 e. The zero-order chi connectivity index (χ0) is 12.5. The monoisotopic (exact) mass is 259 g/mol. The van der Waals surface area contributed by atoms with Crippen LogP contribution in [0.25, 0.3) is 0 Å². The molecule has 0 N–H and O–H groups in total. The lowest BCUT2D eigenvalue weighted by Crippen LogP contribution is -2.41. The molecule has 1 aliphatic carbocycles. The van der Waals surface area contributed by atoms with E-state index in [0.29, 0.717) is 6.42 Å². The topological polar surface area (TPSA) is 54.5 Å². The molecule has 2 aliphatic rings. The normalized spacial score (nSPS) is 29.1. The predicted molar refractivity (Wildman–Crippen MR) is 66.4 cm³/mol. The molecule has 1 saturated heterocycles. The molecule has 0 radical (unpaired) electrons. The molecular formula is C12H21NO3S. The lowest BCUT2D eigenvalue weighted by Gasteiger charge is -2.29. The van der Waals surface area contributed by atoms with Crippen LogP contribution in [0.1, 0.15) is 38.5 Å². The van der Waals surface area contributed by atoms with E-state index in [1.165, 1.54) is 6.42 Å². The molecule has 1 amide bonds. The van der Waals surface area contributed by atoms with E-state index in [1.807, 2.05) is 0 Å². The van der Waals surface area contributed by atoms with Crippen molar-refractivity contribution in [1.29, 1.82) is 0 Å². The van der Waals surface area contributed by atoms with Gasteiger partial charge < -0.3 is 4.90 Å². The molecule has 0 spiro atoms. The van der Waals surface area contributed by atoms with Crippen LogP contribution < -0.4 is 0 Å². The number of carbonyl (C=O) groups is 1. The third-order valence-corrected chi connectivity index (χ3v) is 5.81. The number of carbonyl (C=O) groups excluding carboxylic acids is 1. The van der Waals surface area contributed by atoms with Gasteiger partial charge in [-0.15, -0.1) is 0 Å². The molecule has 1 heterocycles. The molecule has 2 rings (SSSR count). The fourth-order valence-corrected chi connectivity index (χ4v) is 4.67. The first kappa shape index (κ1) is 12.9. The molecule has 1 atom stereocenters. The Morgan fingerprint density at radius 2 is 1.76 bits per heavy atom.